The molecule has 2 N–H and O–H groups in total. The van der Waals surface area contributed by atoms with Crippen LogP contribution in [0.2, 0.25) is 0 Å². The monoisotopic (exact) mass is 198 g/mol. The second kappa shape index (κ2) is 4.72. The minimum absolute atomic E-state index is 0.141. The number of rotatable bonds is 4. The number of nitrogens with two attached hydrogens (primary N) is 1. The quantitative estimate of drug-likeness (QED) is 0.807. The van der Waals surface area contributed by atoms with Crippen molar-refractivity contribution in [3.8, 4) is 0 Å². The average Bonchev–Trinajstić information content (AvgIpc) is 2.52. The Kier molecular flexibility index (Phi) is 3.88. The van der Waals surface area contributed by atoms with Gasteiger partial charge in [0.05, 0.1) is 11.7 Å². The first kappa shape index (κ1) is 10.7. The fourth-order valence-electron chi connectivity index (χ4n) is 1.17. The minimum Gasteiger partial charge on any atom is -0.322 e. The van der Waals surface area contributed by atoms with Crippen molar-refractivity contribution >= 4 is 11.3 Å². The number of thiazole rings is 1. The largest absolute Gasteiger partial charge is 0.322 e. The Bertz CT molecular complexity index is 255. The molecule has 0 aliphatic rings. The van der Waals surface area contributed by atoms with E-state index < -0.39 is 0 Å². The van der Waals surface area contributed by atoms with Crippen LogP contribution in [0.4, 0.5) is 0 Å². The fourth-order valence-corrected chi connectivity index (χ4v) is 2.19. The summed E-state index contributed by atoms with van der Waals surface area (Å²) < 4.78 is 0. The molecule has 0 spiro atoms. The molecule has 1 atom stereocenters. The van der Waals surface area contributed by atoms with Gasteiger partial charge >= 0.3 is 0 Å². The maximum Gasteiger partial charge on any atom is 0.110 e. The van der Waals surface area contributed by atoms with Gasteiger partial charge in [-0.05, 0) is 12.3 Å². The molecule has 0 fully saturated rings. The van der Waals surface area contributed by atoms with E-state index >= 15 is 0 Å². The molecule has 1 heterocycles. The zero-order valence-corrected chi connectivity index (χ0v) is 9.40. The summed E-state index contributed by atoms with van der Waals surface area (Å²) in [5.41, 5.74) is 7.14. The Morgan fingerprint density at radius 2 is 2.23 bits per heavy atom. The van der Waals surface area contributed by atoms with Crippen LogP contribution in [0.3, 0.4) is 0 Å². The molecule has 0 aliphatic heterocycles. The normalized spacial score (nSPS) is 13.6. The molecule has 0 bridgehead atoms. The third kappa shape index (κ3) is 2.78. The number of aromatic nitrogens is 1. The predicted octanol–water partition coefficient (Wildman–Crippen LogP) is 3.07. The van der Waals surface area contributed by atoms with E-state index in [-0.39, 0.29) is 6.04 Å². The average molecular weight is 198 g/mol. The van der Waals surface area contributed by atoms with Crippen LogP contribution in [0.1, 0.15) is 56.3 Å². The molecular weight excluding hydrogens is 180 g/mol. The van der Waals surface area contributed by atoms with E-state index in [4.69, 9.17) is 5.73 Å². The van der Waals surface area contributed by atoms with Gasteiger partial charge in [-0.15, -0.1) is 11.3 Å². The van der Waals surface area contributed by atoms with Crippen molar-refractivity contribution in [2.24, 2.45) is 5.73 Å². The van der Waals surface area contributed by atoms with Crippen molar-refractivity contribution < 1.29 is 0 Å². The van der Waals surface area contributed by atoms with Crippen LogP contribution in [0.25, 0.3) is 0 Å². The Morgan fingerprint density at radius 3 is 2.69 bits per heavy atom. The minimum atomic E-state index is 0.141. The predicted molar refractivity (Wildman–Crippen MR) is 58.0 cm³/mol. The Hall–Kier alpha value is -0.410. The molecule has 0 saturated heterocycles. The summed E-state index contributed by atoms with van der Waals surface area (Å²) >= 11 is 1.69. The van der Waals surface area contributed by atoms with E-state index in [2.05, 4.69) is 31.1 Å². The van der Waals surface area contributed by atoms with Crippen LogP contribution in [-0.2, 0) is 0 Å². The van der Waals surface area contributed by atoms with E-state index in [1.807, 2.05) is 0 Å². The molecule has 1 aromatic heterocycles. The molecule has 0 amide bonds. The number of nitrogens with zero attached hydrogens (tertiary/aromatic N) is 1. The number of hydrogen-bond acceptors (Lipinski definition) is 3. The summed E-state index contributed by atoms with van der Waals surface area (Å²) in [4.78, 5) is 4.52. The summed E-state index contributed by atoms with van der Waals surface area (Å²) in [7, 11) is 0. The lowest BCUT2D eigenvalue weighted by Crippen LogP contribution is -2.09. The van der Waals surface area contributed by atoms with Crippen molar-refractivity contribution in [2.75, 3.05) is 0 Å². The van der Waals surface area contributed by atoms with Gasteiger partial charge in [0.1, 0.15) is 5.01 Å². The van der Waals surface area contributed by atoms with E-state index in [0.29, 0.717) is 5.92 Å². The Labute approximate surface area is 84.2 Å². The molecule has 0 radical (unpaired) electrons. The molecule has 13 heavy (non-hydrogen) atoms. The van der Waals surface area contributed by atoms with Crippen molar-refractivity contribution in [3.05, 3.63) is 16.1 Å². The zero-order chi connectivity index (χ0) is 9.84. The lowest BCUT2D eigenvalue weighted by atomic mass is 10.1. The maximum atomic E-state index is 5.97. The SMILES string of the molecule is CCCC(N)c1nc(C(C)C)cs1. The molecular formula is C10H18N2S. The molecule has 0 aromatic carbocycles. The van der Waals surface area contributed by atoms with Crippen molar-refractivity contribution in [1.82, 2.24) is 4.98 Å². The summed E-state index contributed by atoms with van der Waals surface area (Å²) in [5, 5.41) is 3.21. The third-order valence-corrected chi connectivity index (χ3v) is 3.04. The van der Waals surface area contributed by atoms with E-state index in [1.165, 1.54) is 5.69 Å². The molecule has 1 unspecified atom stereocenters. The van der Waals surface area contributed by atoms with Crippen molar-refractivity contribution in [3.63, 3.8) is 0 Å². The Balaban J connectivity index is 2.67. The second-order valence-corrected chi connectivity index (χ2v) is 4.55. The first-order valence-corrected chi connectivity index (χ1v) is 5.74. The molecule has 1 aromatic rings. The summed E-state index contributed by atoms with van der Waals surface area (Å²) in [5.74, 6) is 0.513. The van der Waals surface area contributed by atoms with Crippen LogP contribution in [0.15, 0.2) is 5.38 Å². The molecule has 3 heteroatoms. The van der Waals surface area contributed by atoms with Crippen LogP contribution in [-0.4, -0.2) is 4.98 Å². The highest BCUT2D eigenvalue weighted by atomic mass is 32.1. The van der Waals surface area contributed by atoms with Gasteiger partial charge in [-0.2, -0.15) is 0 Å². The van der Waals surface area contributed by atoms with E-state index in [1.54, 1.807) is 11.3 Å². The molecule has 74 valence electrons. The molecule has 0 saturated carbocycles. The fraction of sp³-hybridized carbons (Fsp3) is 0.700. The van der Waals surface area contributed by atoms with Gasteiger partial charge in [0.15, 0.2) is 0 Å². The van der Waals surface area contributed by atoms with Gasteiger partial charge in [0.25, 0.3) is 0 Å². The summed E-state index contributed by atoms with van der Waals surface area (Å²) in [6.07, 6.45) is 2.16. The molecule has 1 rings (SSSR count). The number of hydrogen-bond donors (Lipinski definition) is 1. The smallest absolute Gasteiger partial charge is 0.110 e. The van der Waals surface area contributed by atoms with Crippen LogP contribution < -0.4 is 5.73 Å². The van der Waals surface area contributed by atoms with Crippen LogP contribution in [0, 0.1) is 0 Å². The standard InChI is InChI=1S/C10H18N2S/c1-4-5-8(11)10-12-9(6-13-10)7(2)3/h6-8H,4-5,11H2,1-3H3. The van der Waals surface area contributed by atoms with Crippen LogP contribution >= 0.6 is 11.3 Å². The van der Waals surface area contributed by atoms with E-state index in [9.17, 15) is 0 Å². The highest BCUT2D eigenvalue weighted by Crippen LogP contribution is 2.23. The van der Waals surface area contributed by atoms with Crippen molar-refractivity contribution in [2.45, 2.75) is 45.6 Å². The first-order valence-electron chi connectivity index (χ1n) is 4.86. The van der Waals surface area contributed by atoms with Gasteiger partial charge in [-0.25, -0.2) is 4.98 Å². The first-order chi connectivity index (χ1) is 6.15. The maximum absolute atomic E-state index is 5.97. The highest BCUT2D eigenvalue weighted by molar-refractivity contribution is 7.09. The zero-order valence-electron chi connectivity index (χ0n) is 8.58. The second-order valence-electron chi connectivity index (χ2n) is 3.66. The molecule has 0 aliphatic carbocycles. The lowest BCUT2D eigenvalue weighted by molar-refractivity contribution is 0.630. The highest BCUT2D eigenvalue weighted by Gasteiger charge is 2.11. The van der Waals surface area contributed by atoms with Gasteiger partial charge in [0.2, 0.25) is 0 Å². The van der Waals surface area contributed by atoms with E-state index in [0.717, 1.165) is 17.8 Å². The topological polar surface area (TPSA) is 38.9 Å². The van der Waals surface area contributed by atoms with Crippen LogP contribution in [0.5, 0.6) is 0 Å². The third-order valence-electron chi connectivity index (χ3n) is 2.05. The van der Waals surface area contributed by atoms with Gasteiger partial charge < -0.3 is 5.73 Å². The Morgan fingerprint density at radius 1 is 1.54 bits per heavy atom. The lowest BCUT2D eigenvalue weighted by Gasteiger charge is -2.05. The van der Waals surface area contributed by atoms with Gasteiger partial charge in [-0.1, -0.05) is 27.2 Å². The molecule has 2 nitrogen and oxygen atoms in total. The summed E-state index contributed by atoms with van der Waals surface area (Å²) in [6, 6.07) is 0.141. The summed E-state index contributed by atoms with van der Waals surface area (Å²) in [6.45, 7) is 6.46. The van der Waals surface area contributed by atoms with Gasteiger partial charge in [-0.3, -0.25) is 0 Å². The van der Waals surface area contributed by atoms with Gasteiger partial charge in [0, 0.05) is 5.38 Å². The van der Waals surface area contributed by atoms with Crippen molar-refractivity contribution in [1.29, 1.82) is 0 Å².